The highest BCUT2D eigenvalue weighted by atomic mass is 16.5. The van der Waals surface area contributed by atoms with Crippen molar-refractivity contribution in [2.24, 2.45) is 0 Å². The molecule has 9 nitrogen and oxygen atoms in total. The van der Waals surface area contributed by atoms with Crippen molar-refractivity contribution in [2.75, 3.05) is 13.7 Å². The van der Waals surface area contributed by atoms with E-state index < -0.39 is 0 Å². The number of aromatic amines is 1. The lowest BCUT2D eigenvalue weighted by Gasteiger charge is -2.22. The molecule has 9 heteroatoms. The van der Waals surface area contributed by atoms with E-state index in [1.807, 2.05) is 54.1 Å². The van der Waals surface area contributed by atoms with Crippen LogP contribution in [0.15, 0.2) is 53.3 Å². The number of hydrogen-bond acceptors (Lipinski definition) is 7. The molecule has 0 saturated carbocycles. The molecule has 35 heavy (non-hydrogen) atoms. The maximum absolute atomic E-state index is 13.0. The van der Waals surface area contributed by atoms with Crippen molar-refractivity contribution in [1.29, 1.82) is 0 Å². The minimum absolute atomic E-state index is 0.0817. The van der Waals surface area contributed by atoms with E-state index in [-0.39, 0.29) is 11.7 Å². The van der Waals surface area contributed by atoms with E-state index in [2.05, 4.69) is 31.5 Å². The summed E-state index contributed by atoms with van der Waals surface area (Å²) in [6, 6.07) is 16.0. The Morgan fingerprint density at radius 2 is 2.00 bits per heavy atom. The molecule has 2 aromatic carbocycles. The number of methoxy groups -OCH3 is 1. The summed E-state index contributed by atoms with van der Waals surface area (Å²) in [4.78, 5) is 18.2. The molecule has 1 atom stereocenters. The molecule has 0 spiro atoms. The summed E-state index contributed by atoms with van der Waals surface area (Å²) in [5, 5.41) is 13.4. The SMILES string of the molecule is COc1ccc(CN(Cc2cc3ccc(C)cc3[nH]c2=O)Cc2nnnn2C[C@@H]2CCCO2)cc1. The summed E-state index contributed by atoms with van der Waals surface area (Å²) in [6.45, 7) is 5.02. The van der Waals surface area contributed by atoms with Gasteiger partial charge in [-0.05, 0) is 71.0 Å². The van der Waals surface area contributed by atoms with Crippen molar-refractivity contribution in [3.63, 3.8) is 0 Å². The summed E-state index contributed by atoms with van der Waals surface area (Å²) in [5.41, 5.74) is 3.69. The van der Waals surface area contributed by atoms with E-state index in [1.165, 1.54) is 0 Å². The monoisotopic (exact) mass is 474 g/mol. The number of nitrogens with zero attached hydrogens (tertiary/aromatic N) is 5. The van der Waals surface area contributed by atoms with E-state index in [1.54, 1.807) is 7.11 Å². The first-order valence-electron chi connectivity index (χ1n) is 11.9. The third kappa shape index (κ3) is 5.58. The molecule has 4 aromatic rings. The minimum atomic E-state index is -0.0817. The average Bonchev–Trinajstić information content (AvgIpc) is 3.53. The number of aryl methyl sites for hydroxylation is 1. The number of H-pyrrole nitrogens is 1. The van der Waals surface area contributed by atoms with E-state index >= 15 is 0 Å². The van der Waals surface area contributed by atoms with Crippen molar-refractivity contribution in [1.82, 2.24) is 30.1 Å². The molecule has 0 aliphatic carbocycles. The molecular weight excluding hydrogens is 444 g/mol. The Kier molecular flexibility index (Phi) is 6.87. The quantitative estimate of drug-likeness (QED) is 0.398. The molecule has 182 valence electrons. The Bertz CT molecular complexity index is 1340. The largest absolute Gasteiger partial charge is 0.497 e. The Hall–Kier alpha value is -3.56. The summed E-state index contributed by atoms with van der Waals surface area (Å²) >= 11 is 0. The van der Waals surface area contributed by atoms with Gasteiger partial charge in [-0.15, -0.1) is 5.10 Å². The molecule has 0 radical (unpaired) electrons. The van der Waals surface area contributed by atoms with Crippen molar-refractivity contribution < 1.29 is 9.47 Å². The van der Waals surface area contributed by atoms with Gasteiger partial charge in [-0.2, -0.15) is 0 Å². The third-order valence-corrected chi connectivity index (χ3v) is 6.41. The number of hydrogen-bond donors (Lipinski definition) is 1. The molecule has 1 fully saturated rings. The summed E-state index contributed by atoms with van der Waals surface area (Å²) in [6.07, 6.45) is 2.22. The summed E-state index contributed by atoms with van der Waals surface area (Å²) < 4.78 is 12.9. The lowest BCUT2D eigenvalue weighted by molar-refractivity contribution is 0.0914. The van der Waals surface area contributed by atoms with E-state index in [9.17, 15) is 4.79 Å². The zero-order chi connectivity index (χ0) is 24.2. The summed E-state index contributed by atoms with van der Waals surface area (Å²) in [7, 11) is 1.66. The van der Waals surface area contributed by atoms with Crippen molar-refractivity contribution in [2.45, 2.75) is 52.0 Å². The normalized spacial score (nSPS) is 15.8. The van der Waals surface area contributed by atoms with Gasteiger partial charge in [0.15, 0.2) is 5.82 Å². The Morgan fingerprint density at radius 3 is 2.77 bits per heavy atom. The molecule has 5 rings (SSSR count). The second kappa shape index (κ2) is 10.4. The first kappa shape index (κ1) is 23.2. The second-order valence-electron chi connectivity index (χ2n) is 9.12. The van der Waals surface area contributed by atoms with E-state index in [0.717, 1.165) is 53.1 Å². The molecular formula is C26H30N6O3. The number of benzene rings is 2. The van der Waals surface area contributed by atoms with Gasteiger partial charge in [0, 0.05) is 30.8 Å². The number of ether oxygens (including phenoxy) is 2. The number of rotatable bonds is 9. The van der Waals surface area contributed by atoms with Gasteiger partial charge in [-0.3, -0.25) is 9.69 Å². The molecule has 1 saturated heterocycles. The fourth-order valence-corrected chi connectivity index (χ4v) is 4.53. The Morgan fingerprint density at radius 1 is 1.14 bits per heavy atom. The van der Waals surface area contributed by atoms with E-state index in [0.29, 0.717) is 31.7 Å². The highest BCUT2D eigenvalue weighted by Gasteiger charge is 2.21. The van der Waals surface area contributed by atoms with Crippen LogP contribution in [-0.4, -0.2) is 49.9 Å². The standard InChI is InChI=1S/C26H30N6O3/c1-18-5-8-20-13-21(26(33)27-24(20)12-18)15-31(14-19-6-9-22(34-2)10-7-19)17-25-28-29-30-32(25)16-23-4-3-11-35-23/h5-10,12-13,23H,3-4,11,14-17H2,1-2H3,(H,27,33)/t23-/m0/s1. The molecule has 2 aromatic heterocycles. The van der Waals surface area contributed by atoms with Crippen LogP contribution in [0, 0.1) is 6.92 Å². The third-order valence-electron chi connectivity index (χ3n) is 6.41. The molecule has 0 unspecified atom stereocenters. The van der Waals surface area contributed by atoms with Gasteiger partial charge >= 0.3 is 0 Å². The van der Waals surface area contributed by atoms with Crippen LogP contribution in [0.5, 0.6) is 5.75 Å². The van der Waals surface area contributed by atoms with Crippen LogP contribution >= 0.6 is 0 Å². The van der Waals surface area contributed by atoms with Crippen LogP contribution in [0.4, 0.5) is 0 Å². The predicted molar refractivity (Wildman–Crippen MR) is 132 cm³/mol. The van der Waals surface area contributed by atoms with Crippen LogP contribution < -0.4 is 10.3 Å². The van der Waals surface area contributed by atoms with Gasteiger partial charge in [0.25, 0.3) is 5.56 Å². The number of nitrogens with one attached hydrogen (secondary N) is 1. The molecule has 3 heterocycles. The molecule has 1 N–H and O–H groups in total. The fraction of sp³-hybridized carbons (Fsp3) is 0.385. The first-order chi connectivity index (χ1) is 17.1. The smallest absolute Gasteiger partial charge is 0.252 e. The molecule has 1 aliphatic heterocycles. The van der Waals surface area contributed by atoms with Gasteiger partial charge in [-0.25, -0.2) is 4.68 Å². The van der Waals surface area contributed by atoms with Crippen LogP contribution in [0.3, 0.4) is 0 Å². The Labute approximate surface area is 203 Å². The van der Waals surface area contributed by atoms with Crippen molar-refractivity contribution in [3.8, 4) is 5.75 Å². The average molecular weight is 475 g/mol. The predicted octanol–water partition coefficient (Wildman–Crippen LogP) is 3.21. The Balaban J connectivity index is 1.41. The highest BCUT2D eigenvalue weighted by Crippen LogP contribution is 2.19. The highest BCUT2D eigenvalue weighted by molar-refractivity contribution is 5.79. The first-order valence-corrected chi connectivity index (χ1v) is 11.9. The zero-order valence-electron chi connectivity index (χ0n) is 20.1. The topological polar surface area (TPSA) is 98.2 Å². The van der Waals surface area contributed by atoms with E-state index in [4.69, 9.17) is 9.47 Å². The summed E-state index contributed by atoms with van der Waals surface area (Å²) in [5.74, 6) is 1.56. The van der Waals surface area contributed by atoms with Crippen LogP contribution in [0.25, 0.3) is 10.9 Å². The lowest BCUT2D eigenvalue weighted by atomic mass is 10.1. The van der Waals surface area contributed by atoms with Crippen LogP contribution in [-0.2, 0) is 30.9 Å². The number of fused-ring (bicyclic) bond motifs is 1. The second-order valence-corrected chi connectivity index (χ2v) is 9.12. The maximum atomic E-state index is 13.0. The van der Waals surface area contributed by atoms with Crippen molar-refractivity contribution >= 4 is 10.9 Å². The van der Waals surface area contributed by atoms with Crippen molar-refractivity contribution in [3.05, 3.63) is 81.4 Å². The van der Waals surface area contributed by atoms with Gasteiger partial charge in [-0.1, -0.05) is 24.3 Å². The van der Waals surface area contributed by atoms with Gasteiger partial charge in [0.1, 0.15) is 5.75 Å². The molecule has 0 amide bonds. The van der Waals surface area contributed by atoms with Gasteiger partial charge in [0.05, 0.1) is 26.3 Å². The number of pyridine rings is 1. The lowest BCUT2D eigenvalue weighted by Crippen LogP contribution is -2.29. The van der Waals surface area contributed by atoms with Crippen LogP contribution in [0.2, 0.25) is 0 Å². The number of aromatic nitrogens is 5. The fourth-order valence-electron chi connectivity index (χ4n) is 4.53. The zero-order valence-corrected chi connectivity index (χ0v) is 20.1. The van der Waals surface area contributed by atoms with Gasteiger partial charge < -0.3 is 14.5 Å². The molecule has 0 bridgehead atoms. The maximum Gasteiger partial charge on any atom is 0.252 e. The van der Waals surface area contributed by atoms with Gasteiger partial charge in [0.2, 0.25) is 0 Å². The molecule has 1 aliphatic rings. The number of tetrazole rings is 1. The minimum Gasteiger partial charge on any atom is -0.497 e. The van der Waals surface area contributed by atoms with Crippen LogP contribution in [0.1, 0.15) is 35.4 Å².